The van der Waals surface area contributed by atoms with Gasteiger partial charge in [-0.25, -0.2) is 0 Å². The van der Waals surface area contributed by atoms with E-state index in [2.05, 4.69) is 20.8 Å². The van der Waals surface area contributed by atoms with Crippen molar-refractivity contribution >= 4 is 45.7 Å². The molecule has 2 N–H and O–H groups in total. The average Bonchev–Trinajstić information content (AvgIpc) is 3.14. The van der Waals surface area contributed by atoms with Crippen LogP contribution in [0.3, 0.4) is 0 Å². The van der Waals surface area contributed by atoms with Crippen LogP contribution < -0.4 is 10.6 Å². The van der Waals surface area contributed by atoms with Gasteiger partial charge in [-0.1, -0.05) is 40.8 Å². The van der Waals surface area contributed by atoms with Gasteiger partial charge in [0.15, 0.2) is 4.34 Å². The lowest BCUT2D eigenvalue weighted by Gasteiger charge is -2.08. The number of nitrogens with zero attached hydrogens (tertiary/aromatic N) is 2. The highest BCUT2D eigenvalue weighted by Crippen LogP contribution is 2.30. The van der Waals surface area contributed by atoms with Crippen molar-refractivity contribution < 1.29 is 22.8 Å². The molecule has 1 heterocycles. The normalized spacial score (nSPS) is 11.2. The fraction of sp³-hybridized carbons (Fsp3) is 0.158. The van der Waals surface area contributed by atoms with Gasteiger partial charge >= 0.3 is 6.18 Å². The molecule has 0 fully saturated rings. The van der Waals surface area contributed by atoms with Crippen LogP contribution in [0.15, 0.2) is 52.9 Å². The van der Waals surface area contributed by atoms with E-state index >= 15 is 0 Å². The van der Waals surface area contributed by atoms with Gasteiger partial charge in [0.05, 0.1) is 11.3 Å². The summed E-state index contributed by atoms with van der Waals surface area (Å²) < 4.78 is 38.1. The Hall–Kier alpha value is -2.92. The largest absolute Gasteiger partial charge is 0.416 e. The van der Waals surface area contributed by atoms with Crippen LogP contribution in [0.4, 0.5) is 24.0 Å². The molecule has 0 atom stereocenters. The van der Waals surface area contributed by atoms with Gasteiger partial charge in [0, 0.05) is 11.3 Å². The summed E-state index contributed by atoms with van der Waals surface area (Å²) in [4.78, 5) is 24.2. The second-order valence-electron chi connectivity index (χ2n) is 6.11. The Morgan fingerprint density at radius 3 is 2.30 bits per heavy atom. The molecular formula is C19H15F3N4O2S2. The van der Waals surface area contributed by atoms with Crippen LogP contribution in [0.2, 0.25) is 0 Å². The molecule has 0 bridgehead atoms. The number of thioether (sulfide) groups is 1. The van der Waals surface area contributed by atoms with Gasteiger partial charge in [0.25, 0.3) is 5.91 Å². The lowest BCUT2D eigenvalue weighted by Crippen LogP contribution is -2.14. The third kappa shape index (κ3) is 6.04. The van der Waals surface area contributed by atoms with Crippen LogP contribution in [0, 0.1) is 6.92 Å². The highest BCUT2D eigenvalue weighted by Gasteiger charge is 2.30. The van der Waals surface area contributed by atoms with Crippen LogP contribution in [0.5, 0.6) is 0 Å². The van der Waals surface area contributed by atoms with E-state index in [0.717, 1.165) is 40.8 Å². The molecule has 30 heavy (non-hydrogen) atoms. The molecule has 1 aromatic heterocycles. The fourth-order valence-electron chi connectivity index (χ4n) is 2.26. The molecule has 156 valence electrons. The molecule has 0 saturated heterocycles. The number of hydrogen-bond donors (Lipinski definition) is 2. The van der Waals surface area contributed by atoms with Crippen molar-refractivity contribution in [2.45, 2.75) is 17.4 Å². The Morgan fingerprint density at radius 2 is 1.67 bits per heavy atom. The van der Waals surface area contributed by atoms with Gasteiger partial charge in [-0.3, -0.25) is 14.9 Å². The molecule has 0 radical (unpaired) electrons. The molecule has 0 saturated carbocycles. The topological polar surface area (TPSA) is 84.0 Å². The number of carbonyl (C=O) groups excluding carboxylic acids is 2. The van der Waals surface area contributed by atoms with E-state index in [-0.39, 0.29) is 17.3 Å². The van der Waals surface area contributed by atoms with Gasteiger partial charge in [0.1, 0.15) is 0 Å². The lowest BCUT2D eigenvalue weighted by molar-refractivity contribution is -0.137. The van der Waals surface area contributed by atoms with E-state index in [1.54, 1.807) is 12.1 Å². The van der Waals surface area contributed by atoms with Crippen molar-refractivity contribution in [1.82, 2.24) is 10.2 Å². The summed E-state index contributed by atoms with van der Waals surface area (Å²) in [5.74, 6) is -0.732. The summed E-state index contributed by atoms with van der Waals surface area (Å²) in [7, 11) is 0. The highest BCUT2D eigenvalue weighted by molar-refractivity contribution is 8.01. The molecule has 0 aliphatic carbocycles. The first-order valence-electron chi connectivity index (χ1n) is 8.52. The zero-order chi connectivity index (χ0) is 21.7. The second kappa shape index (κ2) is 9.26. The van der Waals surface area contributed by atoms with Crippen LogP contribution in [0.25, 0.3) is 0 Å². The summed E-state index contributed by atoms with van der Waals surface area (Å²) in [6.07, 6.45) is -4.43. The van der Waals surface area contributed by atoms with E-state index in [4.69, 9.17) is 0 Å². The predicted octanol–water partition coefficient (Wildman–Crippen LogP) is 4.85. The van der Waals surface area contributed by atoms with Crippen LogP contribution >= 0.6 is 23.1 Å². The fourth-order valence-corrected chi connectivity index (χ4v) is 3.81. The molecule has 11 heteroatoms. The van der Waals surface area contributed by atoms with Crippen LogP contribution in [-0.2, 0) is 11.0 Å². The van der Waals surface area contributed by atoms with Crippen molar-refractivity contribution in [2.24, 2.45) is 0 Å². The zero-order valence-corrected chi connectivity index (χ0v) is 17.1. The smallest absolute Gasteiger partial charge is 0.325 e. The van der Waals surface area contributed by atoms with Crippen molar-refractivity contribution in [3.63, 3.8) is 0 Å². The molecule has 0 spiro atoms. The van der Waals surface area contributed by atoms with Crippen molar-refractivity contribution in [1.29, 1.82) is 0 Å². The van der Waals surface area contributed by atoms with E-state index < -0.39 is 17.6 Å². The summed E-state index contributed by atoms with van der Waals surface area (Å²) in [6, 6.07) is 11.2. The number of halogens is 3. The lowest BCUT2D eigenvalue weighted by atomic mass is 10.1. The maximum atomic E-state index is 12.6. The first-order valence-corrected chi connectivity index (χ1v) is 10.3. The Bertz CT molecular complexity index is 1040. The molecule has 3 rings (SSSR count). The number of benzene rings is 2. The third-order valence-electron chi connectivity index (χ3n) is 3.76. The number of hydrogen-bond acceptors (Lipinski definition) is 6. The molecule has 0 aliphatic rings. The molecule has 3 aromatic rings. The molecular weight excluding hydrogens is 437 g/mol. The molecule has 2 aromatic carbocycles. The summed E-state index contributed by atoms with van der Waals surface area (Å²) in [5, 5.41) is 13.2. The number of aromatic nitrogens is 2. The standard InChI is InChI=1S/C19H15F3N4O2S2/c1-11-2-4-12(5-3-11)16(28)24-17-25-26-18(30-17)29-10-15(27)23-14-8-6-13(7-9-14)19(20,21)22/h2-9H,10H2,1H3,(H,23,27)(H,24,25,28). The van der Waals surface area contributed by atoms with Crippen molar-refractivity contribution in [3.05, 3.63) is 65.2 Å². The molecule has 0 aliphatic heterocycles. The van der Waals surface area contributed by atoms with Gasteiger partial charge in [-0.2, -0.15) is 13.2 Å². The maximum Gasteiger partial charge on any atom is 0.416 e. The Kier molecular flexibility index (Phi) is 6.73. The average molecular weight is 452 g/mol. The number of anilines is 2. The Labute approximate surface area is 177 Å². The summed E-state index contributed by atoms with van der Waals surface area (Å²) in [5.41, 5.74) is 0.998. The van der Waals surface area contributed by atoms with Gasteiger partial charge < -0.3 is 5.32 Å². The zero-order valence-electron chi connectivity index (χ0n) is 15.5. The minimum absolute atomic E-state index is 0.0123. The first kappa shape index (κ1) is 21.8. The Balaban J connectivity index is 1.49. The number of carbonyl (C=O) groups is 2. The minimum atomic E-state index is -4.43. The summed E-state index contributed by atoms with van der Waals surface area (Å²) in [6.45, 7) is 1.92. The van der Waals surface area contributed by atoms with Crippen LogP contribution in [-0.4, -0.2) is 27.8 Å². The number of rotatable bonds is 6. The first-order chi connectivity index (χ1) is 14.2. The minimum Gasteiger partial charge on any atom is -0.325 e. The van der Waals surface area contributed by atoms with Crippen molar-refractivity contribution in [2.75, 3.05) is 16.4 Å². The van der Waals surface area contributed by atoms with Gasteiger partial charge in [0.2, 0.25) is 11.0 Å². The maximum absolute atomic E-state index is 12.6. The van der Waals surface area contributed by atoms with Gasteiger partial charge in [-0.15, -0.1) is 10.2 Å². The molecule has 2 amide bonds. The third-order valence-corrected chi connectivity index (χ3v) is 5.74. The number of nitrogens with one attached hydrogen (secondary N) is 2. The highest BCUT2D eigenvalue weighted by atomic mass is 32.2. The van der Waals surface area contributed by atoms with Crippen LogP contribution in [0.1, 0.15) is 21.5 Å². The molecule has 0 unspecified atom stereocenters. The van der Waals surface area contributed by atoms with Crippen molar-refractivity contribution in [3.8, 4) is 0 Å². The monoisotopic (exact) mass is 452 g/mol. The van der Waals surface area contributed by atoms with Gasteiger partial charge in [-0.05, 0) is 43.3 Å². The number of aryl methyl sites for hydroxylation is 1. The van der Waals surface area contributed by atoms with E-state index in [1.807, 2.05) is 19.1 Å². The summed E-state index contributed by atoms with van der Waals surface area (Å²) >= 11 is 2.22. The van der Waals surface area contributed by atoms with E-state index in [0.29, 0.717) is 15.0 Å². The number of amides is 2. The quantitative estimate of drug-likeness (QED) is 0.413. The Morgan fingerprint density at radius 1 is 1.00 bits per heavy atom. The molecule has 6 nitrogen and oxygen atoms in total. The number of alkyl halides is 3. The second-order valence-corrected chi connectivity index (χ2v) is 8.31. The SMILES string of the molecule is Cc1ccc(C(=O)Nc2nnc(SCC(=O)Nc3ccc(C(F)(F)F)cc3)s2)cc1. The predicted molar refractivity (Wildman–Crippen MR) is 110 cm³/mol. The van der Waals surface area contributed by atoms with E-state index in [9.17, 15) is 22.8 Å². The van der Waals surface area contributed by atoms with E-state index in [1.165, 1.54) is 12.1 Å².